The molecule has 0 heterocycles. The van der Waals surface area contributed by atoms with E-state index in [2.05, 4.69) is 50.2 Å². The summed E-state index contributed by atoms with van der Waals surface area (Å²) in [6.45, 7) is 13.6. The van der Waals surface area contributed by atoms with Crippen molar-refractivity contribution in [3.05, 3.63) is 0 Å². The van der Waals surface area contributed by atoms with Crippen LogP contribution in [0.1, 0.15) is 41.0 Å². The first-order chi connectivity index (χ1) is 6.49. The quantitative estimate of drug-likeness (QED) is 0.402. The average Bonchev–Trinajstić information content (AvgIpc) is 2.02. The van der Waals surface area contributed by atoms with Crippen molar-refractivity contribution in [3.63, 3.8) is 0 Å². The Bertz CT molecular complexity index is 168. The molecule has 0 bridgehead atoms. The Labute approximate surface area is 88.4 Å². The molecule has 0 aromatic heterocycles. The first-order valence-electron chi connectivity index (χ1n) is 5.53. The van der Waals surface area contributed by atoms with Crippen LogP contribution in [0.25, 0.3) is 0 Å². The van der Waals surface area contributed by atoms with Crippen molar-refractivity contribution < 1.29 is 0 Å². The molecule has 0 saturated carbocycles. The van der Waals surface area contributed by atoms with E-state index >= 15 is 0 Å². The Balaban J connectivity index is 4.07. The maximum absolute atomic E-state index is 4.64. The standard InChI is InChI=1S/C11H25N3/c1-6-12-9-8-10(13-7-2)14-11(3,4)5/h12H,6-9H2,1-5H3,(H,13,14). The fraction of sp³-hybridized carbons (Fsp3) is 0.909. The first kappa shape index (κ1) is 13.4. The molecule has 3 heteroatoms. The molecule has 84 valence electrons. The van der Waals surface area contributed by atoms with Crippen molar-refractivity contribution in [2.24, 2.45) is 4.99 Å². The second-order valence-electron chi connectivity index (χ2n) is 4.36. The molecule has 2 N–H and O–H groups in total. The zero-order valence-corrected chi connectivity index (χ0v) is 10.3. The van der Waals surface area contributed by atoms with E-state index in [4.69, 9.17) is 0 Å². The van der Waals surface area contributed by atoms with E-state index < -0.39 is 0 Å². The van der Waals surface area contributed by atoms with E-state index in [1.807, 2.05) is 0 Å². The molecule has 3 nitrogen and oxygen atoms in total. The van der Waals surface area contributed by atoms with Crippen LogP contribution in [-0.4, -0.2) is 31.0 Å². The zero-order chi connectivity index (χ0) is 11.0. The highest BCUT2D eigenvalue weighted by Crippen LogP contribution is 2.06. The summed E-state index contributed by atoms with van der Waals surface area (Å²) >= 11 is 0. The summed E-state index contributed by atoms with van der Waals surface area (Å²) < 4.78 is 0. The molecule has 14 heavy (non-hydrogen) atoms. The minimum absolute atomic E-state index is 0.0176. The highest BCUT2D eigenvalue weighted by Gasteiger charge is 2.08. The number of nitrogens with one attached hydrogen (secondary N) is 2. The number of rotatable bonds is 5. The molecule has 0 aliphatic rings. The van der Waals surface area contributed by atoms with Crippen LogP contribution in [0, 0.1) is 0 Å². The predicted octanol–water partition coefficient (Wildman–Crippen LogP) is 1.79. The van der Waals surface area contributed by atoms with Gasteiger partial charge in [0, 0.05) is 19.5 Å². The summed E-state index contributed by atoms with van der Waals surface area (Å²) in [4.78, 5) is 4.64. The molecule has 0 fully saturated rings. The van der Waals surface area contributed by atoms with E-state index in [1.54, 1.807) is 0 Å². The lowest BCUT2D eigenvalue weighted by Crippen LogP contribution is -2.30. The third-order valence-corrected chi connectivity index (χ3v) is 1.64. The highest BCUT2D eigenvalue weighted by atomic mass is 15.0. The minimum Gasteiger partial charge on any atom is -0.374 e. The fourth-order valence-electron chi connectivity index (χ4n) is 1.18. The minimum atomic E-state index is 0.0176. The summed E-state index contributed by atoms with van der Waals surface area (Å²) in [6.07, 6.45) is 0.985. The van der Waals surface area contributed by atoms with Crippen LogP contribution in [0.5, 0.6) is 0 Å². The smallest absolute Gasteiger partial charge is 0.0982 e. The summed E-state index contributed by atoms with van der Waals surface area (Å²) in [6, 6.07) is 0. The maximum Gasteiger partial charge on any atom is 0.0982 e. The number of amidine groups is 1. The fourth-order valence-corrected chi connectivity index (χ4v) is 1.18. The van der Waals surface area contributed by atoms with Crippen molar-refractivity contribution in [2.45, 2.75) is 46.6 Å². The molecule has 0 aliphatic heterocycles. The van der Waals surface area contributed by atoms with Crippen LogP contribution in [0.15, 0.2) is 4.99 Å². The lowest BCUT2D eigenvalue weighted by atomic mass is 10.1. The largest absolute Gasteiger partial charge is 0.374 e. The van der Waals surface area contributed by atoms with Gasteiger partial charge in [-0.25, -0.2) is 0 Å². The summed E-state index contributed by atoms with van der Waals surface area (Å²) in [5.41, 5.74) is 0.0176. The molecule has 0 spiro atoms. The van der Waals surface area contributed by atoms with Crippen LogP contribution < -0.4 is 10.6 Å². The molecule has 0 saturated heterocycles. The Kier molecular flexibility index (Phi) is 6.54. The van der Waals surface area contributed by atoms with Gasteiger partial charge in [0.05, 0.1) is 11.4 Å². The SMILES string of the molecule is CCNCC/C(=N\C(C)(C)C)NCC. The van der Waals surface area contributed by atoms with Crippen LogP contribution in [0.4, 0.5) is 0 Å². The van der Waals surface area contributed by atoms with Gasteiger partial charge in [0.2, 0.25) is 0 Å². The van der Waals surface area contributed by atoms with Crippen molar-refractivity contribution in [1.29, 1.82) is 0 Å². The lowest BCUT2D eigenvalue weighted by Gasteiger charge is -2.17. The second kappa shape index (κ2) is 6.82. The maximum atomic E-state index is 4.64. The average molecular weight is 199 g/mol. The summed E-state index contributed by atoms with van der Waals surface area (Å²) in [5, 5.41) is 6.61. The predicted molar refractivity (Wildman–Crippen MR) is 64.0 cm³/mol. The van der Waals surface area contributed by atoms with E-state index in [1.165, 1.54) is 0 Å². The summed E-state index contributed by atoms with van der Waals surface area (Å²) in [7, 11) is 0. The van der Waals surface area contributed by atoms with Gasteiger partial charge >= 0.3 is 0 Å². The Hall–Kier alpha value is -0.570. The van der Waals surface area contributed by atoms with Crippen LogP contribution in [0.3, 0.4) is 0 Å². The highest BCUT2D eigenvalue weighted by molar-refractivity contribution is 5.82. The van der Waals surface area contributed by atoms with E-state index in [0.717, 1.165) is 31.9 Å². The topological polar surface area (TPSA) is 36.4 Å². The first-order valence-corrected chi connectivity index (χ1v) is 5.53. The molecule has 0 rings (SSSR count). The Morgan fingerprint density at radius 3 is 2.21 bits per heavy atom. The van der Waals surface area contributed by atoms with Gasteiger partial charge in [0.1, 0.15) is 0 Å². The van der Waals surface area contributed by atoms with Gasteiger partial charge in [-0.15, -0.1) is 0 Å². The Morgan fingerprint density at radius 2 is 1.79 bits per heavy atom. The van der Waals surface area contributed by atoms with Gasteiger partial charge in [-0.3, -0.25) is 4.99 Å². The number of nitrogens with zero attached hydrogens (tertiary/aromatic N) is 1. The van der Waals surface area contributed by atoms with Gasteiger partial charge in [0.15, 0.2) is 0 Å². The van der Waals surface area contributed by atoms with Gasteiger partial charge in [-0.05, 0) is 34.2 Å². The molecule has 0 amide bonds. The van der Waals surface area contributed by atoms with E-state index in [-0.39, 0.29) is 5.54 Å². The van der Waals surface area contributed by atoms with Crippen molar-refractivity contribution >= 4 is 5.84 Å². The van der Waals surface area contributed by atoms with Crippen LogP contribution in [0.2, 0.25) is 0 Å². The lowest BCUT2D eigenvalue weighted by molar-refractivity contribution is 0.575. The van der Waals surface area contributed by atoms with Gasteiger partial charge in [-0.1, -0.05) is 6.92 Å². The molecule has 0 radical (unpaired) electrons. The van der Waals surface area contributed by atoms with Gasteiger partial charge in [0.25, 0.3) is 0 Å². The van der Waals surface area contributed by atoms with E-state index in [0.29, 0.717) is 0 Å². The van der Waals surface area contributed by atoms with Crippen molar-refractivity contribution in [2.75, 3.05) is 19.6 Å². The molecular formula is C11H25N3. The third-order valence-electron chi connectivity index (χ3n) is 1.64. The van der Waals surface area contributed by atoms with Gasteiger partial charge in [-0.2, -0.15) is 0 Å². The van der Waals surface area contributed by atoms with E-state index in [9.17, 15) is 0 Å². The molecule has 0 unspecified atom stereocenters. The van der Waals surface area contributed by atoms with Crippen molar-refractivity contribution in [1.82, 2.24) is 10.6 Å². The van der Waals surface area contributed by atoms with Gasteiger partial charge < -0.3 is 10.6 Å². The van der Waals surface area contributed by atoms with Crippen molar-refractivity contribution in [3.8, 4) is 0 Å². The molecule has 0 aliphatic carbocycles. The molecular weight excluding hydrogens is 174 g/mol. The zero-order valence-electron chi connectivity index (χ0n) is 10.3. The number of aliphatic imine (C=N–C) groups is 1. The van der Waals surface area contributed by atoms with Crippen LogP contribution >= 0.6 is 0 Å². The number of hydrogen-bond donors (Lipinski definition) is 2. The molecule has 0 atom stereocenters. The third kappa shape index (κ3) is 8.05. The molecule has 0 aromatic rings. The molecule has 0 aromatic carbocycles. The summed E-state index contributed by atoms with van der Waals surface area (Å²) in [5.74, 6) is 1.11. The Morgan fingerprint density at radius 1 is 1.14 bits per heavy atom. The second-order valence-corrected chi connectivity index (χ2v) is 4.36. The van der Waals surface area contributed by atoms with Crippen LogP contribution in [-0.2, 0) is 0 Å². The number of hydrogen-bond acceptors (Lipinski definition) is 2. The monoisotopic (exact) mass is 199 g/mol. The normalized spacial score (nSPS) is 13.1.